The molecule has 0 bridgehead atoms. The maximum absolute atomic E-state index is 4.92. The topological polar surface area (TPSA) is 12.4 Å². The quantitative estimate of drug-likeness (QED) is 0.656. The second-order valence-corrected chi connectivity index (χ2v) is 5.48. The van der Waals surface area contributed by atoms with Gasteiger partial charge >= 0.3 is 0 Å². The molecule has 1 heteroatoms. The molecule has 2 aliphatic rings. The van der Waals surface area contributed by atoms with Crippen LogP contribution >= 0.6 is 0 Å². The molecule has 3 rings (SSSR count). The van der Waals surface area contributed by atoms with Gasteiger partial charge < -0.3 is 0 Å². The molecule has 2 atom stereocenters. The number of hydrogen-bond donors (Lipinski definition) is 0. The molecule has 0 spiro atoms. The maximum Gasteiger partial charge on any atom is 0.0629 e. The Morgan fingerprint density at radius 3 is 2.53 bits per heavy atom. The minimum absolute atomic E-state index is 0.803. The summed E-state index contributed by atoms with van der Waals surface area (Å²) in [6, 6.07) is 10.5. The van der Waals surface area contributed by atoms with Crippen molar-refractivity contribution in [2.75, 3.05) is 0 Å². The first-order chi connectivity index (χ1) is 8.43. The monoisotopic (exact) mass is 227 g/mol. The molecular weight excluding hydrogens is 206 g/mol. The van der Waals surface area contributed by atoms with E-state index in [1.165, 1.54) is 50.7 Å². The summed E-state index contributed by atoms with van der Waals surface area (Å²) in [5.41, 5.74) is 2.64. The summed E-state index contributed by atoms with van der Waals surface area (Å²) < 4.78 is 0. The molecule has 0 aromatic heterocycles. The average Bonchev–Trinajstić information content (AvgIpc) is 2.40. The zero-order valence-electron chi connectivity index (χ0n) is 10.4. The molecule has 1 aromatic carbocycles. The van der Waals surface area contributed by atoms with Gasteiger partial charge in [0, 0.05) is 11.6 Å². The van der Waals surface area contributed by atoms with Crippen LogP contribution in [0.4, 0.5) is 5.69 Å². The van der Waals surface area contributed by atoms with Crippen LogP contribution in [0.2, 0.25) is 0 Å². The summed E-state index contributed by atoms with van der Waals surface area (Å²) in [4.78, 5) is 4.92. The largest absolute Gasteiger partial charge is 0.258 e. The Morgan fingerprint density at radius 2 is 1.65 bits per heavy atom. The van der Waals surface area contributed by atoms with E-state index in [1.54, 1.807) is 0 Å². The Labute approximate surface area is 104 Å². The predicted octanol–water partition coefficient (Wildman–Crippen LogP) is 4.75. The summed E-state index contributed by atoms with van der Waals surface area (Å²) in [6.45, 7) is 0. The van der Waals surface area contributed by atoms with E-state index in [-0.39, 0.29) is 0 Å². The van der Waals surface area contributed by atoms with E-state index in [0.717, 1.165) is 17.5 Å². The number of rotatable bonds is 1. The van der Waals surface area contributed by atoms with Crippen LogP contribution in [0.25, 0.3) is 0 Å². The SMILES string of the molecule is c1ccc(/N=C2/CCCC3CCCCC23)cc1. The van der Waals surface area contributed by atoms with Gasteiger partial charge in [0.1, 0.15) is 0 Å². The molecular formula is C16H21N. The Morgan fingerprint density at radius 1 is 0.882 bits per heavy atom. The van der Waals surface area contributed by atoms with Crippen molar-refractivity contribution in [3.8, 4) is 0 Å². The first-order valence-electron chi connectivity index (χ1n) is 7.06. The number of para-hydroxylation sites is 1. The van der Waals surface area contributed by atoms with Crippen LogP contribution in [0.3, 0.4) is 0 Å². The van der Waals surface area contributed by atoms with Crippen molar-refractivity contribution in [2.24, 2.45) is 16.8 Å². The Balaban J connectivity index is 1.83. The van der Waals surface area contributed by atoms with E-state index in [4.69, 9.17) is 4.99 Å². The van der Waals surface area contributed by atoms with Gasteiger partial charge in [-0.15, -0.1) is 0 Å². The van der Waals surface area contributed by atoms with Gasteiger partial charge in [0.05, 0.1) is 5.69 Å². The highest BCUT2D eigenvalue weighted by molar-refractivity contribution is 5.90. The fraction of sp³-hybridized carbons (Fsp3) is 0.562. The second kappa shape index (κ2) is 5.03. The number of nitrogens with zero attached hydrogens (tertiary/aromatic N) is 1. The fourth-order valence-corrected chi connectivity index (χ4v) is 3.53. The molecule has 0 heterocycles. The van der Waals surface area contributed by atoms with Crippen LogP contribution < -0.4 is 0 Å². The van der Waals surface area contributed by atoms with Crippen molar-refractivity contribution in [1.82, 2.24) is 0 Å². The van der Waals surface area contributed by atoms with Gasteiger partial charge in [-0.25, -0.2) is 0 Å². The third kappa shape index (κ3) is 2.43. The van der Waals surface area contributed by atoms with Crippen molar-refractivity contribution < 1.29 is 0 Å². The molecule has 0 N–H and O–H groups in total. The molecule has 1 nitrogen and oxygen atoms in total. The van der Waals surface area contributed by atoms with Crippen LogP contribution in [0.15, 0.2) is 35.3 Å². The molecule has 2 aliphatic carbocycles. The van der Waals surface area contributed by atoms with Gasteiger partial charge in [-0.05, 0) is 50.2 Å². The number of hydrogen-bond acceptors (Lipinski definition) is 1. The number of fused-ring (bicyclic) bond motifs is 1. The van der Waals surface area contributed by atoms with Crippen molar-refractivity contribution in [2.45, 2.75) is 44.9 Å². The lowest BCUT2D eigenvalue weighted by atomic mass is 9.70. The van der Waals surface area contributed by atoms with Crippen LogP contribution in [0, 0.1) is 11.8 Å². The minimum Gasteiger partial charge on any atom is -0.258 e. The van der Waals surface area contributed by atoms with Gasteiger partial charge in [0.15, 0.2) is 0 Å². The molecule has 1 aromatic rings. The molecule has 0 aliphatic heterocycles. The van der Waals surface area contributed by atoms with Crippen LogP contribution in [-0.4, -0.2) is 5.71 Å². The smallest absolute Gasteiger partial charge is 0.0629 e. The standard InChI is InChI=1S/C16H21N/c1-2-9-14(10-3-1)17-16-12-6-8-13-7-4-5-11-15(13)16/h1-3,9-10,13,15H,4-8,11-12H2/b17-16-. The maximum atomic E-state index is 4.92. The molecule has 17 heavy (non-hydrogen) atoms. The zero-order chi connectivity index (χ0) is 11.5. The summed E-state index contributed by atoms with van der Waals surface area (Å²) in [5, 5.41) is 0. The second-order valence-electron chi connectivity index (χ2n) is 5.48. The van der Waals surface area contributed by atoms with Gasteiger partial charge in [0.25, 0.3) is 0 Å². The predicted molar refractivity (Wildman–Crippen MR) is 72.8 cm³/mol. The average molecular weight is 227 g/mol. The first kappa shape index (κ1) is 11.0. The highest BCUT2D eigenvalue weighted by Gasteiger charge is 2.31. The lowest BCUT2D eigenvalue weighted by Crippen LogP contribution is -2.31. The van der Waals surface area contributed by atoms with Crippen LogP contribution in [-0.2, 0) is 0 Å². The van der Waals surface area contributed by atoms with Crippen molar-refractivity contribution in [3.05, 3.63) is 30.3 Å². The van der Waals surface area contributed by atoms with Crippen LogP contribution in [0.5, 0.6) is 0 Å². The van der Waals surface area contributed by atoms with Crippen LogP contribution in [0.1, 0.15) is 44.9 Å². The molecule has 2 unspecified atom stereocenters. The summed E-state index contributed by atoms with van der Waals surface area (Å²) >= 11 is 0. The molecule has 2 saturated carbocycles. The van der Waals surface area contributed by atoms with Gasteiger partial charge in [-0.1, -0.05) is 31.0 Å². The van der Waals surface area contributed by atoms with Crippen molar-refractivity contribution in [3.63, 3.8) is 0 Å². The molecule has 0 radical (unpaired) electrons. The van der Waals surface area contributed by atoms with Crippen molar-refractivity contribution >= 4 is 11.4 Å². The summed E-state index contributed by atoms with van der Waals surface area (Å²) in [7, 11) is 0. The Hall–Kier alpha value is -1.11. The molecule has 90 valence electrons. The Bertz CT molecular complexity index is 391. The zero-order valence-corrected chi connectivity index (χ0v) is 10.4. The minimum atomic E-state index is 0.803. The Kier molecular flexibility index (Phi) is 3.26. The first-order valence-corrected chi connectivity index (χ1v) is 7.06. The fourth-order valence-electron chi connectivity index (χ4n) is 3.53. The molecule has 0 amide bonds. The van der Waals surface area contributed by atoms with E-state index in [0.29, 0.717) is 0 Å². The summed E-state index contributed by atoms with van der Waals surface area (Å²) in [6.07, 6.45) is 9.71. The normalized spacial score (nSPS) is 31.2. The van der Waals surface area contributed by atoms with E-state index < -0.39 is 0 Å². The summed E-state index contributed by atoms with van der Waals surface area (Å²) in [5.74, 6) is 1.75. The third-order valence-electron chi connectivity index (χ3n) is 4.37. The van der Waals surface area contributed by atoms with E-state index >= 15 is 0 Å². The lowest BCUT2D eigenvalue weighted by Gasteiger charge is -2.36. The molecule has 2 fully saturated rings. The number of aliphatic imine (C=N–C) groups is 1. The lowest BCUT2D eigenvalue weighted by molar-refractivity contribution is 0.261. The highest BCUT2D eigenvalue weighted by Crippen LogP contribution is 2.39. The third-order valence-corrected chi connectivity index (χ3v) is 4.37. The van der Waals surface area contributed by atoms with Crippen molar-refractivity contribution in [1.29, 1.82) is 0 Å². The van der Waals surface area contributed by atoms with E-state index in [9.17, 15) is 0 Å². The molecule has 0 saturated heterocycles. The highest BCUT2D eigenvalue weighted by atomic mass is 14.8. The number of benzene rings is 1. The van der Waals surface area contributed by atoms with E-state index in [1.807, 2.05) is 0 Å². The van der Waals surface area contributed by atoms with E-state index in [2.05, 4.69) is 30.3 Å². The van der Waals surface area contributed by atoms with Gasteiger partial charge in [0.2, 0.25) is 0 Å². The van der Waals surface area contributed by atoms with Gasteiger partial charge in [-0.3, -0.25) is 4.99 Å². The van der Waals surface area contributed by atoms with Gasteiger partial charge in [-0.2, -0.15) is 0 Å².